The molecule has 3 fully saturated rings. The van der Waals surface area contributed by atoms with Crippen molar-refractivity contribution in [1.29, 1.82) is 0 Å². The fourth-order valence-electron chi connectivity index (χ4n) is 5.25. The Hall–Kier alpha value is -2.50. The first kappa shape index (κ1) is 19.8. The predicted molar refractivity (Wildman–Crippen MR) is 100 cm³/mol. The largest absolute Gasteiger partial charge is 0.481 e. The molecule has 2 saturated heterocycles. The molecular weight excluding hydrogens is 385 g/mol. The molecule has 1 aliphatic carbocycles. The predicted octanol–water partition coefficient (Wildman–Crippen LogP) is 3.03. The number of aliphatic carboxylic acids is 1. The van der Waals surface area contributed by atoms with Crippen LogP contribution in [0.1, 0.15) is 38.3 Å². The highest BCUT2D eigenvalue weighted by molar-refractivity contribution is 5.68. The number of carboxylic acids is 1. The molecule has 6 nitrogen and oxygen atoms in total. The molecule has 156 valence electrons. The van der Waals surface area contributed by atoms with Crippen molar-refractivity contribution in [2.45, 2.75) is 44.8 Å². The van der Waals surface area contributed by atoms with Crippen molar-refractivity contribution < 1.29 is 23.1 Å². The van der Waals surface area contributed by atoms with E-state index in [2.05, 4.69) is 15.9 Å². The van der Waals surface area contributed by atoms with Crippen LogP contribution in [-0.2, 0) is 11.0 Å². The van der Waals surface area contributed by atoms with Gasteiger partial charge in [-0.15, -0.1) is 6.42 Å². The third-order valence-corrected chi connectivity index (χ3v) is 6.83. The van der Waals surface area contributed by atoms with E-state index in [1.165, 1.54) is 0 Å². The summed E-state index contributed by atoms with van der Waals surface area (Å²) in [6.45, 7) is 3.56. The zero-order chi connectivity index (χ0) is 21.0. The number of hydrogen-bond donors (Lipinski definition) is 1. The third-order valence-electron chi connectivity index (χ3n) is 6.83. The Morgan fingerprint density at radius 3 is 2.79 bits per heavy atom. The Morgan fingerprint density at radius 1 is 1.45 bits per heavy atom. The minimum atomic E-state index is -4.59. The van der Waals surface area contributed by atoms with Crippen LogP contribution < -0.4 is 9.80 Å². The van der Waals surface area contributed by atoms with Gasteiger partial charge in [-0.1, -0.05) is 12.8 Å². The zero-order valence-corrected chi connectivity index (χ0v) is 16.1. The highest BCUT2D eigenvalue weighted by Crippen LogP contribution is 2.66. The fourth-order valence-corrected chi connectivity index (χ4v) is 5.25. The average Bonchev–Trinajstić information content (AvgIpc) is 3.06. The van der Waals surface area contributed by atoms with E-state index >= 15 is 0 Å². The quantitative estimate of drug-likeness (QED) is 0.756. The van der Waals surface area contributed by atoms with Crippen LogP contribution in [0.15, 0.2) is 6.07 Å². The van der Waals surface area contributed by atoms with Gasteiger partial charge in [0.05, 0.1) is 6.04 Å². The fraction of sp³-hybridized carbons (Fsp3) is 0.650. The van der Waals surface area contributed by atoms with Gasteiger partial charge < -0.3 is 14.9 Å². The lowest BCUT2D eigenvalue weighted by Gasteiger charge is -2.27. The van der Waals surface area contributed by atoms with E-state index < -0.39 is 17.8 Å². The lowest BCUT2D eigenvalue weighted by Crippen LogP contribution is -2.33. The van der Waals surface area contributed by atoms with E-state index in [0.29, 0.717) is 26.1 Å². The van der Waals surface area contributed by atoms with E-state index in [4.69, 9.17) is 11.5 Å². The summed E-state index contributed by atoms with van der Waals surface area (Å²) in [6, 6.07) is 0.686. The lowest BCUT2D eigenvalue weighted by atomic mass is 9.98. The highest BCUT2D eigenvalue weighted by atomic mass is 19.4. The van der Waals surface area contributed by atoms with Gasteiger partial charge in [-0.2, -0.15) is 18.2 Å². The molecule has 1 N–H and O–H groups in total. The number of anilines is 2. The average molecular weight is 408 g/mol. The molecule has 0 radical (unpaired) electrons. The number of piperidine rings is 1. The van der Waals surface area contributed by atoms with Crippen molar-refractivity contribution in [3.8, 4) is 12.3 Å². The smallest absolute Gasteiger partial charge is 0.433 e. The molecule has 0 spiro atoms. The number of carbonyl (C=O) groups is 1. The van der Waals surface area contributed by atoms with E-state index in [9.17, 15) is 18.0 Å². The minimum Gasteiger partial charge on any atom is -0.481 e. The molecular formula is C20H23F3N4O2. The van der Waals surface area contributed by atoms with Crippen molar-refractivity contribution >= 4 is 17.7 Å². The molecule has 1 saturated carbocycles. The van der Waals surface area contributed by atoms with Gasteiger partial charge in [0.1, 0.15) is 5.82 Å². The van der Waals surface area contributed by atoms with Crippen molar-refractivity contribution in [1.82, 2.24) is 9.97 Å². The molecule has 1 aromatic heterocycles. The number of carboxylic acid groups (broad SMARTS) is 1. The second-order valence-electron chi connectivity index (χ2n) is 8.21. The Kier molecular flexibility index (Phi) is 4.63. The molecule has 29 heavy (non-hydrogen) atoms. The van der Waals surface area contributed by atoms with Crippen LogP contribution in [0, 0.1) is 29.6 Å². The number of aromatic nitrogens is 2. The van der Waals surface area contributed by atoms with Crippen LogP contribution in [0.4, 0.5) is 24.9 Å². The molecule has 9 heteroatoms. The van der Waals surface area contributed by atoms with Gasteiger partial charge in [0.2, 0.25) is 5.95 Å². The molecule has 0 bridgehead atoms. The van der Waals surface area contributed by atoms with Crippen LogP contribution in [0.2, 0.25) is 0 Å². The summed E-state index contributed by atoms with van der Waals surface area (Å²) in [5.74, 6) is 2.28. The van der Waals surface area contributed by atoms with Crippen LogP contribution in [0.5, 0.6) is 0 Å². The number of fused-ring (bicyclic) bond motifs is 1. The van der Waals surface area contributed by atoms with Crippen LogP contribution >= 0.6 is 0 Å². The lowest BCUT2D eigenvalue weighted by molar-refractivity contribution is -0.141. The van der Waals surface area contributed by atoms with Crippen LogP contribution in [-0.4, -0.2) is 46.7 Å². The SMILES string of the molecule is C#C[C@H]1CCCN1c1nc(N2C[C@H]3C(CC(=O)O)C3(CC)C2)cc(C(F)(F)F)n1. The standard InChI is InChI=1S/C20H23F3N4O2/c1-3-12-6-5-7-27(12)18-24-15(20(21,22)23)9-16(25-18)26-10-14-13(8-17(28)29)19(14,4-2)11-26/h1,9,12-14H,4-8,10-11H2,2H3,(H,28,29)/t12-,13?,14-,19?/m0/s1. The highest BCUT2D eigenvalue weighted by Gasteiger charge is 2.67. The number of rotatable bonds is 5. The topological polar surface area (TPSA) is 69.6 Å². The molecule has 4 rings (SSSR count). The summed E-state index contributed by atoms with van der Waals surface area (Å²) in [6.07, 6.45) is 3.33. The third kappa shape index (κ3) is 3.28. The summed E-state index contributed by atoms with van der Waals surface area (Å²) in [5.41, 5.74) is -1.13. The van der Waals surface area contributed by atoms with Gasteiger partial charge in [0.15, 0.2) is 5.69 Å². The van der Waals surface area contributed by atoms with E-state index in [-0.39, 0.29) is 41.5 Å². The van der Waals surface area contributed by atoms with E-state index in [1.807, 2.05) is 11.8 Å². The summed E-state index contributed by atoms with van der Waals surface area (Å²) >= 11 is 0. The normalized spacial score (nSPS) is 30.9. The Bertz CT molecular complexity index is 868. The zero-order valence-electron chi connectivity index (χ0n) is 16.1. The summed E-state index contributed by atoms with van der Waals surface area (Å²) in [5, 5.41) is 9.12. The first-order valence-corrected chi connectivity index (χ1v) is 9.85. The van der Waals surface area contributed by atoms with E-state index in [1.54, 1.807) is 4.90 Å². The monoisotopic (exact) mass is 408 g/mol. The van der Waals surface area contributed by atoms with Gasteiger partial charge in [0, 0.05) is 32.1 Å². The van der Waals surface area contributed by atoms with Crippen molar-refractivity contribution in [3.63, 3.8) is 0 Å². The van der Waals surface area contributed by atoms with Crippen molar-refractivity contribution in [2.75, 3.05) is 29.4 Å². The molecule has 0 amide bonds. The maximum Gasteiger partial charge on any atom is 0.433 e. The molecule has 2 unspecified atom stereocenters. The van der Waals surface area contributed by atoms with Gasteiger partial charge in [-0.3, -0.25) is 4.79 Å². The van der Waals surface area contributed by atoms with Gasteiger partial charge in [-0.05, 0) is 36.5 Å². The molecule has 0 aromatic carbocycles. The number of nitrogens with zero attached hydrogens (tertiary/aromatic N) is 4. The van der Waals surface area contributed by atoms with Crippen LogP contribution in [0.3, 0.4) is 0 Å². The van der Waals surface area contributed by atoms with Gasteiger partial charge >= 0.3 is 12.1 Å². The van der Waals surface area contributed by atoms with Crippen molar-refractivity contribution in [2.24, 2.45) is 17.3 Å². The first-order valence-electron chi connectivity index (χ1n) is 9.85. The van der Waals surface area contributed by atoms with Crippen molar-refractivity contribution in [3.05, 3.63) is 11.8 Å². The molecule has 4 atom stereocenters. The number of hydrogen-bond acceptors (Lipinski definition) is 5. The number of halogens is 3. The number of alkyl halides is 3. The summed E-state index contributed by atoms with van der Waals surface area (Å²) < 4.78 is 40.5. The molecule has 3 aliphatic rings. The first-order chi connectivity index (χ1) is 13.7. The number of terminal acetylenes is 1. The van der Waals surface area contributed by atoms with E-state index in [0.717, 1.165) is 18.9 Å². The Balaban J connectivity index is 1.64. The molecule has 3 heterocycles. The Labute approximate surface area is 167 Å². The summed E-state index contributed by atoms with van der Waals surface area (Å²) in [4.78, 5) is 22.8. The summed E-state index contributed by atoms with van der Waals surface area (Å²) in [7, 11) is 0. The second-order valence-corrected chi connectivity index (χ2v) is 8.21. The maximum atomic E-state index is 13.5. The maximum absolute atomic E-state index is 13.5. The second kappa shape index (κ2) is 6.78. The van der Waals surface area contributed by atoms with Gasteiger partial charge in [-0.25, -0.2) is 4.98 Å². The molecule has 2 aliphatic heterocycles. The Morgan fingerprint density at radius 2 is 2.21 bits per heavy atom. The molecule has 1 aromatic rings. The van der Waals surface area contributed by atoms with Crippen LogP contribution in [0.25, 0.3) is 0 Å². The van der Waals surface area contributed by atoms with Gasteiger partial charge in [0.25, 0.3) is 0 Å². The minimum absolute atomic E-state index is 0.0171.